The third-order valence-electron chi connectivity index (χ3n) is 5.41. The van der Waals surface area contributed by atoms with Crippen molar-refractivity contribution >= 4 is 11.6 Å². The van der Waals surface area contributed by atoms with Crippen molar-refractivity contribution in [3.05, 3.63) is 29.3 Å². The van der Waals surface area contributed by atoms with E-state index in [-0.39, 0.29) is 23.1 Å². The van der Waals surface area contributed by atoms with Crippen LogP contribution in [0.15, 0.2) is 23.3 Å². The zero-order chi connectivity index (χ0) is 20.7. The maximum Gasteiger partial charge on any atom is 0.439 e. The predicted molar refractivity (Wildman–Crippen MR) is 98.0 cm³/mol. The maximum atomic E-state index is 13.8. The summed E-state index contributed by atoms with van der Waals surface area (Å²) in [4.78, 5) is 12.6. The Kier molecular flexibility index (Phi) is 5.44. The molecule has 5 nitrogen and oxygen atoms in total. The quantitative estimate of drug-likeness (QED) is 0.829. The molecular weight excluding hydrogens is 373 g/mol. The number of nitrogens with zero attached hydrogens (tertiary/aromatic N) is 2. The molecule has 2 atom stereocenters. The molecule has 1 N–H and O–H groups in total. The molecule has 1 aliphatic carbocycles. The molecule has 1 heterocycles. The molecular formula is C20H25F3N2O3. The molecule has 1 saturated carbocycles. The number of hydrogen-bond donors (Lipinski definition) is 1. The summed E-state index contributed by atoms with van der Waals surface area (Å²) in [5, 5.41) is 14.6. The van der Waals surface area contributed by atoms with Crippen LogP contribution in [0, 0.1) is 12.8 Å². The second kappa shape index (κ2) is 7.39. The van der Waals surface area contributed by atoms with Gasteiger partial charge >= 0.3 is 6.18 Å². The zero-order valence-electron chi connectivity index (χ0n) is 16.2. The third kappa shape index (κ3) is 3.50. The van der Waals surface area contributed by atoms with E-state index in [1.807, 2.05) is 32.9 Å². The number of carbonyl (C=O) groups is 1. The van der Waals surface area contributed by atoms with Crippen LogP contribution in [0.2, 0.25) is 0 Å². The normalized spacial score (nSPS) is 24.9. The lowest BCUT2D eigenvalue weighted by molar-refractivity contribution is -0.317. The summed E-state index contributed by atoms with van der Waals surface area (Å²) in [5.74, 6) is -1.66. The van der Waals surface area contributed by atoms with Crippen LogP contribution in [0.4, 0.5) is 13.2 Å². The van der Waals surface area contributed by atoms with E-state index in [9.17, 15) is 23.1 Å². The van der Waals surface area contributed by atoms with E-state index in [0.29, 0.717) is 25.0 Å². The Morgan fingerprint density at radius 1 is 1.39 bits per heavy atom. The number of fused-ring (bicyclic) bond motifs is 1. The van der Waals surface area contributed by atoms with Crippen LogP contribution >= 0.6 is 0 Å². The van der Waals surface area contributed by atoms with Gasteiger partial charge in [-0.25, -0.2) is 0 Å². The molecule has 28 heavy (non-hydrogen) atoms. The minimum absolute atomic E-state index is 0.118. The average Bonchev–Trinajstić information content (AvgIpc) is 2.94. The summed E-state index contributed by atoms with van der Waals surface area (Å²) in [6.45, 7) is 5.14. The number of ether oxygens (including phenoxy) is 1. The summed E-state index contributed by atoms with van der Waals surface area (Å²) >= 11 is 0. The number of aryl methyl sites for hydroxylation is 1. The van der Waals surface area contributed by atoms with Gasteiger partial charge in [-0.2, -0.15) is 23.3 Å². The first-order chi connectivity index (χ1) is 13.1. The number of alkyl halides is 3. The van der Waals surface area contributed by atoms with Crippen LogP contribution in [0.3, 0.4) is 0 Å². The van der Waals surface area contributed by atoms with Gasteiger partial charge in [0.15, 0.2) is 6.61 Å². The molecule has 1 fully saturated rings. The van der Waals surface area contributed by atoms with Gasteiger partial charge in [0.1, 0.15) is 5.75 Å². The van der Waals surface area contributed by atoms with Gasteiger partial charge in [-0.05, 0) is 49.3 Å². The number of halogens is 3. The molecule has 1 amide bonds. The second-order valence-corrected chi connectivity index (χ2v) is 7.80. The topological polar surface area (TPSA) is 62.1 Å². The molecule has 8 heteroatoms. The highest BCUT2D eigenvalue weighted by atomic mass is 19.4. The Labute approximate surface area is 162 Å². The molecule has 1 aromatic carbocycles. The number of hydrazone groups is 1. The molecule has 1 aliphatic heterocycles. The van der Waals surface area contributed by atoms with E-state index >= 15 is 0 Å². The van der Waals surface area contributed by atoms with E-state index in [1.54, 1.807) is 6.07 Å². The zero-order valence-corrected chi connectivity index (χ0v) is 16.2. The Bertz CT molecular complexity index is 791. The van der Waals surface area contributed by atoms with Gasteiger partial charge < -0.3 is 9.84 Å². The van der Waals surface area contributed by atoms with Crippen molar-refractivity contribution in [2.75, 3.05) is 6.61 Å². The SMILES string of the molecule is Cc1ccc(C(C)C)c(OCC(=O)N2N=C3CCCC[C@@H]3[C@@]2(O)C(F)(F)F)c1. The lowest BCUT2D eigenvalue weighted by Crippen LogP contribution is -2.62. The van der Waals surface area contributed by atoms with Crippen molar-refractivity contribution in [3.8, 4) is 5.75 Å². The summed E-state index contributed by atoms with van der Waals surface area (Å²) in [6.07, 6.45) is -3.26. The van der Waals surface area contributed by atoms with Crippen LogP contribution < -0.4 is 4.74 Å². The molecule has 0 bridgehead atoms. The van der Waals surface area contributed by atoms with Gasteiger partial charge in [-0.1, -0.05) is 32.4 Å². The number of amides is 1. The summed E-state index contributed by atoms with van der Waals surface area (Å²) in [7, 11) is 0. The Balaban J connectivity index is 1.84. The van der Waals surface area contributed by atoms with Crippen molar-refractivity contribution in [2.24, 2.45) is 11.0 Å². The Morgan fingerprint density at radius 3 is 2.75 bits per heavy atom. The van der Waals surface area contributed by atoms with Gasteiger partial charge in [-0.15, -0.1) is 0 Å². The van der Waals surface area contributed by atoms with Crippen molar-refractivity contribution in [1.29, 1.82) is 0 Å². The molecule has 3 rings (SSSR count). The molecule has 0 unspecified atom stereocenters. The predicted octanol–water partition coefficient (Wildman–Crippen LogP) is 4.14. The van der Waals surface area contributed by atoms with Crippen molar-refractivity contribution < 1.29 is 27.8 Å². The minimum atomic E-state index is -5.01. The van der Waals surface area contributed by atoms with E-state index in [0.717, 1.165) is 11.1 Å². The molecule has 1 aromatic rings. The Morgan fingerprint density at radius 2 is 2.11 bits per heavy atom. The first kappa shape index (κ1) is 20.6. The highest BCUT2D eigenvalue weighted by Crippen LogP contribution is 2.48. The lowest BCUT2D eigenvalue weighted by atomic mass is 9.80. The molecule has 0 saturated heterocycles. The van der Waals surface area contributed by atoms with Crippen LogP contribution in [0.5, 0.6) is 5.75 Å². The van der Waals surface area contributed by atoms with Crippen LogP contribution in [-0.4, -0.2) is 40.2 Å². The van der Waals surface area contributed by atoms with Gasteiger partial charge in [0.05, 0.1) is 5.92 Å². The fourth-order valence-electron chi connectivity index (χ4n) is 3.91. The largest absolute Gasteiger partial charge is 0.483 e. The highest BCUT2D eigenvalue weighted by Gasteiger charge is 2.68. The molecule has 0 spiro atoms. The van der Waals surface area contributed by atoms with Gasteiger partial charge in [0.2, 0.25) is 0 Å². The monoisotopic (exact) mass is 398 g/mol. The summed E-state index contributed by atoms with van der Waals surface area (Å²) < 4.78 is 46.8. The number of hydrogen-bond acceptors (Lipinski definition) is 4. The molecule has 0 aromatic heterocycles. The minimum Gasteiger partial charge on any atom is -0.483 e. The molecule has 0 radical (unpaired) electrons. The highest BCUT2D eigenvalue weighted by molar-refractivity contribution is 5.93. The number of rotatable bonds is 4. The van der Waals surface area contributed by atoms with E-state index in [1.165, 1.54) is 0 Å². The van der Waals surface area contributed by atoms with Crippen molar-refractivity contribution in [2.45, 2.75) is 64.3 Å². The standard InChI is InChI=1S/C20H25F3N2O3/c1-12(2)14-9-8-13(3)10-17(14)28-11-18(26)25-19(27,20(21,22)23)15-6-4-5-7-16(15)24-25/h8-10,12,15,27H,4-7,11H2,1-3H3/t15-,19+/m0/s1. The average molecular weight is 398 g/mol. The van der Waals surface area contributed by atoms with E-state index in [2.05, 4.69) is 5.10 Å². The Hall–Kier alpha value is -2.09. The lowest BCUT2D eigenvalue weighted by Gasteiger charge is -2.38. The fraction of sp³-hybridized carbons (Fsp3) is 0.600. The smallest absolute Gasteiger partial charge is 0.439 e. The van der Waals surface area contributed by atoms with Gasteiger partial charge in [0.25, 0.3) is 11.6 Å². The van der Waals surface area contributed by atoms with Crippen molar-refractivity contribution in [1.82, 2.24) is 5.01 Å². The summed E-state index contributed by atoms with van der Waals surface area (Å²) in [5.41, 5.74) is -1.31. The second-order valence-electron chi connectivity index (χ2n) is 7.80. The first-order valence-electron chi connectivity index (χ1n) is 9.48. The number of aliphatic hydroxyl groups is 1. The summed E-state index contributed by atoms with van der Waals surface area (Å²) in [6, 6.07) is 5.52. The molecule has 2 aliphatic rings. The van der Waals surface area contributed by atoms with Crippen LogP contribution in [0.25, 0.3) is 0 Å². The van der Waals surface area contributed by atoms with Crippen molar-refractivity contribution in [3.63, 3.8) is 0 Å². The maximum absolute atomic E-state index is 13.8. The van der Waals surface area contributed by atoms with Crippen LogP contribution in [-0.2, 0) is 4.79 Å². The van der Waals surface area contributed by atoms with E-state index in [4.69, 9.17) is 4.74 Å². The number of carbonyl (C=O) groups excluding carboxylic acids is 1. The molecule has 154 valence electrons. The first-order valence-corrected chi connectivity index (χ1v) is 9.48. The third-order valence-corrected chi connectivity index (χ3v) is 5.41. The van der Waals surface area contributed by atoms with E-state index < -0.39 is 30.3 Å². The van der Waals surface area contributed by atoms with Gasteiger partial charge in [0, 0.05) is 5.71 Å². The van der Waals surface area contributed by atoms with Crippen LogP contribution in [0.1, 0.15) is 56.6 Å². The fourth-order valence-corrected chi connectivity index (χ4v) is 3.91. The number of benzene rings is 1. The van der Waals surface area contributed by atoms with Gasteiger partial charge in [-0.3, -0.25) is 4.79 Å².